The number of pyridine rings is 2. The molecule has 0 aliphatic carbocycles. The average molecular weight is 562 g/mol. The number of hydrogen-bond acceptors (Lipinski definition) is 5. The first-order valence-corrected chi connectivity index (χ1v) is 13.3. The molecule has 0 atom stereocenters. The molecule has 0 spiro atoms. The first kappa shape index (κ1) is 28.3. The minimum absolute atomic E-state index is 0.0880. The van der Waals surface area contributed by atoms with E-state index >= 15 is 0 Å². The fraction of sp³-hybridized carbons (Fsp3) is 0.258. The van der Waals surface area contributed by atoms with Gasteiger partial charge < -0.3 is 15.2 Å². The van der Waals surface area contributed by atoms with Crippen LogP contribution in [0.2, 0.25) is 0 Å². The summed E-state index contributed by atoms with van der Waals surface area (Å²) in [6.07, 6.45) is 0.772. The Balaban J connectivity index is 1.34. The molecule has 1 fully saturated rings. The first-order chi connectivity index (χ1) is 19.6. The molecule has 1 saturated heterocycles. The number of aromatic nitrogens is 2. The van der Waals surface area contributed by atoms with Gasteiger partial charge in [-0.2, -0.15) is 13.2 Å². The minimum atomic E-state index is -4.55. The fourth-order valence-electron chi connectivity index (χ4n) is 4.91. The van der Waals surface area contributed by atoms with Gasteiger partial charge in [0.25, 0.3) is 5.91 Å². The summed E-state index contributed by atoms with van der Waals surface area (Å²) in [5, 5.41) is 3.43. The third kappa shape index (κ3) is 6.72. The Morgan fingerprint density at radius 2 is 1.83 bits per heavy atom. The maximum Gasteiger partial charge on any atom is 0.416 e. The van der Waals surface area contributed by atoms with Gasteiger partial charge in [-0.25, -0.2) is 4.98 Å². The van der Waals surface area contributed by atoms with Gasteiger partial charge in [0.05, 0.1) is 5.56 Å². The molecular formula is C31H30F3N5O2. The zero-order valence-corrected chi connectivity index (χ0v) is 22.8. The van der Waals surface area contributed by atoms with Crippen LogP contribution in [0, 0.1) is 6.92 Å². The number of carbonyl (C=O) groups excluding carboxylic acids is 1. The van der Waals surface area contributed by atoms with E-state index in [2.05, 4.69) is 20.2 Å². The number of alkyl halides is 3. The molecule has 10 heteroatoms. The highest BCUT2D eigenvalue weighted by atomic mass is 19.4. The standard InChI is InChI=1S/C31H30F3N5O2/c1-20-22(7-6-21-16-23-9-11-28(40)37-29(23)35-18-21)4-3-5-26(20)30(41)36-25-10-8-24(27(17-25)31(32,33)34)19-39-14-12-38(2)13-15-39/h3-11,16-18H,12-15,19H2,1-2H3,(H,36,41)(H,35,37,40)/b7-6+. The number of nitrogens with one attached hydrogen (secondary N) is 2. The largest absolute Gasteiger partial charge is 0.416 e. The van der Waals surface area contributed by atoms with Crippen LogP contribution in [-0.2, 0) is 12.7 Å². The lowest BCUT2D eigenvalue weighted by molar-refractivity contribution is -0.138. The lowest BCUT2D eigenvalue weighted by Gasteiger charge is -2.33. The van der Waals surface area contributed by atoms with Crippen molar-refractivity contribution in [2.24, 2.45) is 0 Å². The van der Waals surface area contributed by atoms with Crippen LogP contribution in [0.3, 0.4) is 0 Å². The Bertz CT molecular complexity index is 1670. The quantitative estimate of drug-likeness (QED) is 0.329. The molecule has 2 N–H and O–H groups in total. The number of hydrogen-bond donors (Lipinski definition) is 2. The van der Waals surface area contributed by atoms with Gasteiger partial charge >= 0.3 is 6.18 Å². The molecule has 0 bridgehead atoms. The zero-order chi connectivity index (χ0) is 29.1. The number of aromatic amines is 1. The second-order valence-corrected chi connectivity index (χ2v) is 10.3. The monoisotopic (exact) mass is 561 g/mol. The second kappa shape index (κ2) is 11.7. The Hall–Kier alpha value is -4.28. The molecule has 0 unspecified atom stereocenters. The number of amides is 1. The number of carbonyl (C=O) groups is 1. The number of likely N-dealkylation sites (N-methyl/N-ethyl adjacent to an activating group) is 1. The number of rotatable bonds is 6. The smallest absolute Gasteiger partial charge is 0.322 e. The number of halogens is 3. The summed E-state index contributed by atoms with van der Waals surface area (Å²) < 4.78 is 42.0. The van der Waals surface area contributed by atoms with Crippen molar-refractivity contribution in [3.63, 3.8) is 0 Å². The molecular weight excluding hydrogens is 531 g/mol. The second-order valence-electron chi connectivity index (χ2n) is 10.3. The number of fused-ring (bicyclic) bond motifs is 1. The summed E-state index contributed by atoms with van der Waals surface area (Å²) in [4.78, 5) is 35.8. The van der Waals surface area contributed by atoms with Crippen LogP contribution in [0.15, 0.2) is 65.6 Å². The van der Waals surface area contributed by atoms with Gasteiger partial charge in [0.2, 0.25) is 5.56 Å². The van der Waals surface area contributed by atoms with Gasteiger partial charge in [-0.1, -0.05) is 30.4 Å². The SMILES string of the molecule is Cc1c(/C=C/c2cnc3[nH]c(=O)ccc3c2)cccc1C(=O)Nc1ccc(CN2CCN(C)CC2)c(C(F)(F)F)c1. The molecule has 1 aliphatic heterocycles. The van der Waals surface area contributed by atoms with E-state index in [1.807, 2.05) is 36.2 Å². The Kier molecular flexibility index (Phi) is 8.05. The summed E-state index contributed by atoms with van der Waals surface area (Å²) in [5.41, 5.74) is 2.42. The fourth-order valence-corrected chi connectivity index (χ4v) is 4.91. The van der Waals surface area contributed by atoms with Crippen molar-refractivity contribution in [3.8, 4) is 0 Å². The summed E-state index contributed by atoms with van der Waals surface area (Å²) in [5.74, 6) is -0.492. The maximum atomic E-state index is 14.0. The van der Waals surface area contributed by atoms with Crippen molar-refractivity contribution in [2.45, 2.75) is 19.6 Å². The van der Waals surface area contributed by atoms with Crippen LogP contribution in [0.4, 0.5) is 18.9 Å². The Morgan fingerprint density at radius 3 is 2.59 bits per heavy atom. The lowest BCUT2D eigenvalue weighted by atomic mass is 10.00. The van der Waals surface area contributed by atoms with Crippen molar-refractivity contribution in [3.05, 3.63) is 105 Å². The third-order valence-electron chi connectivity index (χ3n) is 7.33. The minimum Gasteiger partial charge on any atom is -0.322 e. The lowest BCUT2D eigenvalue weighted by Crippen LogP contribution is -2.44. The van der Waals surface area contributed by atoms with E-state index in [4.69, 9.17) is 0 Å². The predicted molar refractivity (Wildman–Crippen MR) is 155 cm³/mol. The van der Waals surface area contributed by atoms with Crippen LogP contribution in [0.5, 0.6) is 0 Å². The average Bonchev–Trinajstić information content (AvgIpc) is 2.94. The molecule has 4 aromatic rings. The van der Waals surface area contributed by atoms with Gasteiger partial charge in [-0.05, 0) is 66.6 Å². The molecule has 41 heavy (non-hydrogen) atoms. The van der Waals surface area contributed by atoms with E-state index in [1.54, 1.807) is 31.3 Å². The normalized spacial score (nSPS) is 15.0. The summed E-state index contributed by atoms with van der Waals surface area (Å²) in [6.45, 7) is 5.02. The van der Waals surface area contributed by atoms with Crippen LogP contribution in [0.25, 0.3) is 23.2 Å². The van der Waals surface area contributed by atoms with E-state index in [9.17, 15) is 22.8 Å². The van der Waals surface area contributed by atoms with Crippen LogP contribution in [0.1, 0.15) is 38.2 Å². The van der Waals surface area contributed by atoms with Crippen LogP contribution >= 0.6 is 0 Å². The van der Waals surface area contributed by atoms with E-state index in [-0.39, 0.29) is 23.4 Å². The molecule has 5 rings (SSSR count). The molecule has 0 saturated carbocycles. The molecule has 3 heterocycles. The molecule has 0 radical (unpaired) electrons. The Morgan fingerprint density at radius 1 is 1.05 bits per heavy atom. The number of nitrogens with zero attached hydrogens (tertiary/aromatic N) is 3. The van der Waals surface area contributed by atoms with Gasteiger partial charge in [0.15, 0.2) is 0 Å². The van der Waals surface area contributed by atoms with E-state index < -0.39 is 17.6 Å². The van der Waals surface area contributed by atoms with E-state index in [0.29, 0.717) is 29.9 Å². The zero-order valence-electron chi connectivity index (χ0n) is 22.8. The van der Waals surface area contributed by atoms with Crippen molar-refractivity contribution in [1.29, 1.82) is 0 Å². The van der Waals surface area contributed by atoms with Gasteiger partial charge in [-0.15, -0.1) is 0 Å². The molecule has 212 valence electrons. The molecule has 2 aromatic carbocycles. The first-order valence-electron chi connectivity index (χ1n) is 13.3. The highest BCUT2D eigenvalue weighted by molar-refractivity contribution is 6.06. The predicted octanol–water partition coefficient (Wildman–Crippen LogP) is 5.42. The van der Waals surface area contributed by atoms with Gasteiger partial charge in [0.1, 0.15) is 5.65 Å². The third-order valence-corrected chi connectivity index (χ3v) is 7.33. The van der Waals surface area contributed by atoms with Crippen LogP contribution < -0.4 is 10.9 Å². The number of anilines is 1. The van der Waals surface area contributed by atoms with Crippen molar-refractivity contribution in [1.82, 2.24) is 19.8 Å². The molecule has 1 aliphatic rings. The topological polar surface area (TPSA) is 81.3 Å². The summed E-state index contributed by atoms with van der Waals surface area (Å²) >= 11 is 0. The summed E-state index contributed by atoms with van der Waals surface area (Å²) in [7, 11) is 2.00. The number of H-pyrrole nitrogens is 1. The molecule has 7 nitrogen and oxygen atoms in total. The Labute approximate surface area is 235 Å². The number of benzene rings is 2. The summed E-state index contributed by atoms with van der Waals surface area (Å²) in [6, 6.07) is 14.2. The van der Waals surface area contributed by atoms with Gasteiger partial charge in [-0.3, -0.25) is 14.5 Å². The highest BCUT2D eigenvalue weighted by Crippen LogP contribution is 2.35. The van der Waals surface area contributed by atoms with Crippen molar-refractivity contribution in [2.75, 3.05) is 38.5 Å². The highest BCUT2D eigenvalue weighted by Gasteiger charge is 2.34. The van der Waals surface area contributed by atoms with Crippen LogP contribution in [-0.4, -0.2) is 58.9 Å². The van der Waals surface area contributed by atoms with Crippen molar-refractivity contribution >= 4 is 34.8 Å². The molecule has 1 amide bonds. The molecule has 2 aromatic heterocycles. The van der Waals surface area contributed by atoms with E-state index in [0.717, 1.165) is 35.7 Å². The van der Waals surface area contributed by atoms with Crippen molar-refractivity contribution < 1.29 is 18.0 Å². The number of piperazine rings is 1. The van der Waals surface area contributed by atoms with E-state index in [1.165, 1.54) is 18.2 Å². The maximum absolute atomic E-state index is 14.0. The van der Waals surface area contributed by atoms with Gasteiger partial charge in [0, 0.05) is 61.6 Å².